The van der Waals surface area contributed by atoms with Gasteiger partial charge in [0.25, 0.3) is 5.91 Å². The summed E-state index contributed by atoms with van der Waals surface area (Å²) in [7, 11) is 1.19. The molecule has 0 spiro atoms. The van der Waals surface area contributed by atoms with Crippen LogP contribution in [0, 0.1) is 0 Å². The zero-order valence-electron chi connectivity index (χ0n) is 16.1. The maximum absolute atomic E-state index is 13.8. The Balaban J connectivity index is 1.82. The highest BCUT2D eigenvalue weighted by Gasteiger charge is 2.36. The third-order valence-electron chi connectivity index (χ3n) is 4.39. The van der Waals surface area contributed by atoms with Gasteiger partial charge in [-0.1, -0.05) is 18.2 Å². The molecule has 0 aliphatic heterocycles. The van der Waals surface area contributed by atoms with Crippen LogP contribution in [-0.2, 0) is 10.9 Å². The van der Waals surface area contributed by atoms with E-state index < -0.39 is 23.7 Å². The van der Waals surface area contributed by atoms with Crippen molar-refractivity contribution in [2.24, 2.45) is 0 Å². The Morgan fingerprint density at radius 2 is 1.94 bits per heavy atom. The van der Waals surface area contributed by atoms with Gasteiger partial charge in [-0.05, 0) is 45.6 Å². The second-order valence-electron chi connectivity index (χ2n) is 6.39. The largest absolute Gasteiger partial charge is 0.465 e. The van der Waals surface area contributed by atoms with Gasteiger partial charge in [-0.2, -0.15) is 18.3 Å². The van der Waals surface area contributed by atoms with Crippen LogP contribution in [0.4, 0.5) is 18.9 Å². The molecule has 0 atom stereocenters. The highest BCUT2D eigenvalue weighted by Crippen LogP contribution is 2.35. The number of thiophene rings is 1. The Morgan fingerprint density at radius 1 is 1.19 bits per heavy atom. The molecule has 0 saturated carbocycles. The minimum atomic E-state index is -4.75. The van der Waals surface area contributed by atoms with Crippen LogP contribution in [0.5, 0.6) is 0 Å². The molecule has 7 nitrogen and oxygen atoms in total. The van der Waals surface area contributed by atoms with Crippen LogP contribution < -0.4 is 5.32 Å². The number of para-hydroxylation sites is 1. The molecule has 0 unspecified atom stereocenters. The molecule has 0 fully saturated rings. The van der Waals surface area contributed by atoms with Crippen molar-refractivity contribution in [3.63, 3.8) is 0 Å². The Morgan fingerprint density at radius 3 is 2.59 bits per heavy atom. The number of nitrogens with one attached hydrogen (secondary N) is 1. The molecule has 1 N–H and O–H groups in total. The van der Waals surface area contributed by atoms with Gasteiger partial charge in [-0.25, -0.2) is 14.3 Å². The van der Waals surface area contributed by atoms with E-state index in [4.69, 9.17) is 0 Å². The molecule has 164 valence electrons. The lowest BCUT2D eigenvalue weighted by Gasteiger charge is -2.10. The van der Waals surface area contributed by atoms with E-state index in [0.717, 1.165) is 6.07 Å². The number of carbonyl (C=O) groups is 2. The summed E-state index contributed by atoms with van der Waals surface area (Å²) in [6, 6.07) is 10.3. The zero-order valence-corrected chi connectivity index (χ0v) is 18.5. The average molecular weight is 525 g/mol. The van der Waals surface area contributed by atoms with Gasteiger partial charge < -0.3 is 10.1 Å². The minimum absolute atomic E-state index is 0.0190. The second kappa shape index (κ2) is 8.36. The molecule has 0 aliphatic carbocycles. The van der Waals surface area contributed by atoms with E-state index in [1.165, 1.54) is 30.6 Å². The van der Waals surface area contributed by atoms with Crippen LogP contribution in [0.2, 0.25) is 0 Å². The van der Waals surface area contributed by atoms with E-state index in [2.05, 4.69) is 36.1 Å². The second-order valence-corrected chi connectivity index (χ2v) is 8.13. The quantitative estimate of drug-likeness (QED) is 0.367. The molecular weight excluding hydrogens is 513 g/mol. The molecule has 4 rings (SSSR count). The number of anilines is 1. The summed E-state index contributed by atoms with van der Waals surface area (Å²) in [5, 5.41) is 8.07. The molecule has 12 heteroatoms. The Bertz CT molecular complexity index is 1340. The lowest BCUT2D eigenvalue weighted by molar-refractivity contribution is -0.142. The van der Waals surface area contributed by atoms with Crippen LogP contribution >= 0.6 is 27.3 Å². The summed E-state index contributed by atoms with van der Waals surface area (Å²) in [5.74, 6) is -1.51. The molecule has 3 heterocycles. The Kier molecular flexibility index (Phi) is 5.73. The van der Waals surface area contributed by atoms with Gasteiger partial charge in [0, 0.05) is 0 Å². The van der Waals surface area contributed by atoms with Gasteiger partial charge in [0.15, 0.2) is 17.0 Å². The van der Waals surface area contributed by atoms with Crippen molar-refractivity contribution >= 4 is 50.5 Å². The van der Waals surface area contributed by atoms with E-state index in [1.54, 1.807) is 29.6 Å². The highest BCUT2D eigenvalue weighted by molar-refractivity contribution is 9.10. The number of halogens is 4. The maximum Gasteiger partial charge on any atom is 0.433 e. The number of ether oxygens (including phenoxy) is 1. The number of aromatic nitrogens is 3. The molecular formula is C20H12BrF3N4O3S. The number of rotatable bonds is 4. The smallest absolute Gasteiger partial charge is 0.433 e. The number of nitrogens with zero attached hydrogens (tertiary/aromatic N) is 3. The summed E-state index contributed by atoms with van der Waals surface area (Å²) in [6.07, 6.45) is -4.75. The van der Waals surface area contributed by atoms with Crippen LogP contribution in [0.3, 0.4) is 0 Å². The zero-order chi connectivity index (χ0) is 23.0. The van der Waals surface area contributed by atoms with E-state index in [9.17, 15) is 22.8 Å². The first-order valence-corrected chi connectivity index (χ1v) is 10.6. The third-order valence-corrected chi connectivity index (χ3v) is 6.02. The topological polar surface area (TPSA) is 85.6 Å². The van der Waals surface area contributed by atoms with Crippen molar-refractivity contribution in [3.8, 4) is 10.6 Å². The molecule has 4 aromatic rings. The Hall–Kier alpha value is -3.25. The number of hydrogen-bond donors (Lipinski definition) is 1. The van der Waals surface area contributed by atoms with Gasteiger partial charge in [0.05, 0.1) is 33.4 Å². The Labute approximate surface area is 191 Å². The summed E-state index contributed by atoms with van der Waals surface area (Å²) in [5.41, 5.74) is -1.28. The fourth-order valence-electron chi connectivity index (χ4n) is 2.95. The van der Waals surface area contributed by atoms with Gasteiger partial charge in [0.1, 0.15) is 0 Å². The molecule has 3 aromatic heterocycles. The first-order chi connectivity index (χ1) is 15.2. The first kappa shape index (κ1) is 22.0. The van der Waals surface area contributed by atoms with Crippen LogP contribution in [0.15, 0.2) is 52.3 Å². The first-order valence-electron chi connectivity index (χ1n) is 8.89. The van der Waals surface area contributed by atoms with Crippen molar-refractivity contribution < 1.29 is 27.5 Å². The van der Waals surface area contributed by atoms with Gasteiger partial charge in [-0.3, -0.25) is 4.79 Å². The lowest BCUT2D eigenvalue weighted by atomic mass is 10.1. The number of amides is 1. The van der Waals surface area contributed by atoms with E-state index >= 15 is 0 Å². The van der Waals surface area contributed by atoms with Crippen molar-refractivity contribution in [1.29, 1.82) is 0 Å². The van der Waals surface area contributed by atoms with Crippen molar-refractivity contribution in [2.45, 2.75) is 6.18 Å². The van der Waals surface area contributed by atoms with E-state index in [1.807, 2.05) is 0 Å². The number of hydrogen-bond acceptors (Lipinski definition) is 6. The number of carbonyl (C=O) groups excluding carboxylic acids is 2. The molecule has 0 aliphatic rings. The SMILES string of the molecule is COC(=O)c1ccccc1NC(=O)c1nn2c(C(F)(F)F)cc(-c3cccs3)nc2c1Br. The van der Waals surface area contributed by atoms with E-state index in [0.29, 0.717) is 9.39 Å². The normalized spacial score (nSPS) is 11.5. The maximum atomic E-state index is 13.8. The summed E-state index contributed by atoms with van der Waals surface area (Å²) >= 11 is 4.40. The molecule has 32 heavy (non-hydrogen) atoms. The van der Waals surface area contributed by atoms with Crippen LogP contribution in [0.1, 0.15) is 26.5 Å². The van der Waals surface area contributed by atoms with Gasteiger partial charge >= 0.3 is 12.1 Å². The van der Waals surface area contributed by atoms with Crippen molar-refractivity contribution in [2.75, 3.05) is 12.4 Å². The summed E-state index contributed by atoms with van der Waals surface area (Å²) in [6.45, 7) is 0. The van der Waals surface area contributed by atoms with Gasteiger partial charge in [0.2, 0.25) is 0 Å². The molecule has 1 aromatic carbocycles. The average Bonchev–Trinajstić information content (AvgIpc) is 3.41. The van der Waals surface area contributed by atoms with E-state index in [-0.39, 0.29) is 32.8 Å². The number of methoxy groups -OCH3 is 1. The van der Waals surface area contributed by atoms with Crippen LogP contribution in [0.25, 0.3) is 16.2 Å². The highest BCUT2D eigenvalue weighted by atomic mass is 79.9. The fourth-order valence-corrected chi connectivity index (χ4v) is 4.15. The number of benzene rings is 1. The number of esters is 1. The molecule has 0 bridgehead atoms. The van der Waals surface area contributed by atoms with Crippen LogP contribution in [-0.4, -0.2) is 33.6 Å². The van der Waals surface area contributed by atoms with Crippen molar-refractivity contribution in [1.82, 2.24) is 14.6 Å². The number of alkyl halides is 3. The molecule has 0 saturated heterocycles. The third kappa shape index (κ3) is 3.98. The number of fused-ring (bicyclic) bond motifs is 1. The fraction of sp³-hybridized carbons (Fsp3) is 0.100. The summed E-state index contributed by atoms with van der Waals surface area (Å²) in [4.78, 5) is 29.6. The molecule has 1 amide bonds. The molecule has 0 radical (unpaired) electrons. The lowest BCUT2D eigenvalue weighted by Crippen LogP contribution is -2.17. The minimum Gasteiger partial charge on any atom is -0.465 e. The van der Waals surface area contributed by atoms with Crippen molar-refractivity contribution in [3.05, 3.63) is 69.3 Å². The monoisotopic (exact) mass is 524 g/mol. The summed E-state index contributed by atoms with van der Waals surface area (Å²) < 4.78 is 46.5. The predicted octanol–water partition coefficient (Wildman–Crippen LogP) is 5.28. The van der Waals surface area contributed by atoms with Gasteiger partial charge in [-0.15, -0.1) is 11.3 Å². The predicted molar refractivity (Wildman–Crippen MR) is 115 cm³/mol. The standard InChI is InChI=1S/C20H12BrF3N4O3S/c1-31-19(30)10-5-2-3-6-11(10)26-18(29)16-15(21)17-25-12(13-7-4-8-32-13)9-14(20(22,23)24)28(17)27-16/h2-9H,1H3,(H,26,29).